The smallest absolute Gasteiger partial charge is 0.314 e. The summed E-state index contributed by atoms with van der Waals surface area (Å²) in [5.41, 5.74) is 0. The van der Waals surface area contributed by atoms with Crippen molar-refractivity contribution in [3.8, 4) is 0 Å². The Labute approximate surface area is 65.6 Å². The molecule has 3 N–H and O–H groups in total. The number of unbranched alkanes of at least 4 members (excludes halogenated alkanes) is 1. The van der Waals surface area contributed by atoms with Gasteiger partial charge in [-0.15, -0.1) is 0 Å². The van der Waals surface area contributed by atoms with Crippen LogP contribution < -0.4 is 0 Å². The molecule has 0 atom stereocenters. The average molecular weight is 184 g/mol. The van der Waals surface area contributed by atoms with Crippen molar-refractivity contribution in [2.75, 3.05) is 0 Å². The molecule has 0 aliphatic heterocycles. The molecule has 0 aromatic carbocycles. The van der Waals surface area contributed by atoms with Crippen LogP contribution in [-0.2, 0) is 9.36 Å². The van der Waals surface area contributed by atoms with Gasteiger partial charge in [-0.2, -0.15) is 0 Å². The third kappa shape index (κ3) is 42.6. The van der Waals surface area contributed by atoms with E-state index in [2.05, 4.69) is 0 Å². The minimum atomic E-state index is -3.13. The number of carboxylic acid groups (broad SMARTS) is 1. The first-order valence-electron chi connectivity index (χ1n) is 3.14. The van der Waals surface area contributed by atoms with Crippen LogP contribution in [-0.4, -0.2) is 20.9 Å². The second kappa shape index (κ2) is 9.62. The van der Waals surface area contributed by atoms with Crippen LogP contribution in [0.15, 0.2) is 0 Å². The minimum Gasteiger partial charge on any atom is -0.481 e. The first-order valence-corrected chi connectivity index (χ1v) is 4.44. The number of carbonyl (C=O) groups is 1. The van der Waals surface area contributed by atoms with Crippen molar-refractivity contribution in [1.29, 1.82) is 0 Å². The van der Waals surface area contributed by atoms with Gasteiger partial charge in [0.05, 0.1) is 0 Å². The predicted molar refractivity (Wildman–Crippen MR) is 40.6 cm³/mol. The fourth-order valence-corrected chi connectivity index (χ4v) is 0.328. The zero-order chi connectivity index (χ0) is 9.28. The van der Waals surface area contributed by atoms with Gasteiger partial charge in [-0.05, 0) is 6.42 Å². The van der Waals surface area contributed by atoms with Crippen molar-refractivity contribution < 1.29 is 24.3 Å². The van der Waals surface area contributed by atoms with E-state index in [0.717, 1.165) is 12.8 Å². The SMILES string of the molecule is CCCCC(=O)O.O=[PH](O)O. The van der Waals surface area contributed by atoms with Gasteiger partial charge in [0.15, 0.2) is 0 Å². The Balaban J connectivity index is 0. The summed E-state index contributed by atoms with van der Waals surface area (Å²) >= 11 is 0. The van der Waals surface area contributed by atoms with Crippen molar-refractivity contribution in [3.63, 3.8) is 0 Å². The van der Waals surface area contributed by atoms with Gasteiger partial charge in [0, 0.05) is 6.42 Å². The third-order valence-corrected chi connectivity index (χ3v) is 0.744. The maximum absolute atomic E-state index is 9.76. The molecule has 5 nitrogen and oxygen atoms in total. The quantitative estimate of drug-likeness (QED) is 0.559. The molecule has 0 aliphatic rings. The van der Waals surface area contributed by atoms with E-state index in [4.69, 9.17) is 19.5 Å². The van der Waals surface area contributed by atoms with Crippen molar-refractivity contribution in [3.05, 3.63) is 0 Å². The summed E-state index contributed by atoms with van der Waals surface area (Å²) in [6, 6.07) is 0. The Morgan fingerprint density at radius 1 is 1.45 bits per heavy atom. The molecule has 0 rings (SSSR count). The Hall–Kier alpha value is -0.380. The lowest BCUT2D eigenvalue weighted by Gasteiger charge is -1.85. The summed E-state index contributed by atoms with van der Waals surface area (Å²) in [5, 5.41) is 8.04. The van der Waals surface area contributed by atoms with E-state index in [9.17, 15) is 4.79 Å². The van der Waals surface area contributed by atoms with E-state index in [0.29, 0.717) is 6.42 Å². The molecule has 0 aromatic heterocycles. The number of carboxylic acids is 1. The molecular weight excluding hydrogens is 171 g/mol. The van der Waals surface area contributed by atoms with E-state index < -0.39 is 14.2 Å². The zero-order valence-electron chi connectivity index (χ0n) is 6.28. The van der Waals surface area contributed by atoms with Crippen molar-refractivity contribution in [2.45, 2.75) is 26.2 Å². The summed E-state index contributed by atoms with van der Waals surface area (Å²) in [4.78, 5) is 24.1. The van der Waals surface area contributed by atoms with Gasteiger partial charge >= 0.3 is 14.2 Å². The van der Waals surface area contributed by atoms with E-state index in [1.165, 1.54) is 0 Å². The molecule has 0 saturated carbocycles. The monoisotopic (exact) mass is 184 g/mol. The number of hydrogen-bond acceptors (Lipinski definition) is 2. The van der Waals surface area contributed by atoms with Crippen LogP contribution in [0.5, 0.6) is 0 Å². The van der Waals surface area contributed by atoms with Gasteiger partial charge in [-0.1, -0.05) is 13.3 Å². The summed E-state index contributed by atoms with van der Waals surface area (Å²) < 4.78 is 8.74. The number of hydrogen-bond donors (Lipinski definition) is 3. The van der Waals surface area contributed by atoms with Crippen LogP contribution in [0.1, 0.15) is 26.2 Å². The summed E-state index contributed by atoms with van der Waals surface area (Å²) in [6.45, 7) is 1.98. The molecule has 0 spiro atoms. The average Bonchev–Trinajstić information content (AvgIpc) is 1.82. The molecule has 0 aliphatic carbocycles. The predicted octanol–water partition coefficient (Wildman–Crippen LogP) is 0.622. The van der Waals surface area contributed by atoms with Crippen LogP contribution in [0.2, 0.25) is 0 Å². The highest BCUT2D eigenvalue weighted by atomic mass is 31.1. The van der Waals surface area contributed by atoms with E-state index in [-0.39, 0.29) is 0 Å². The Morgan fingerprint density at radius 3 is 1.91 bits per heavy atom. The van der Waals surface area contributed by atoms with Crippen LogP contribution in [0.25, 0.3) is 0 Å². The lowest BCUT2D eigenvalue weighted by molar-refractivity contribution is -0.137. The van der Waals surface area contributed by atoms with E-state index in [1.54, 1.807) is 0 Å². The molecule has 0 aromatic rings. The van der Waals surface area contributed by atoms with Crippen LogP contribution >= 0.6 is 8.25 Å². The van der Waals surface area contributed by atoms with Gasteiger partial charge in [0.25, 0.3) is 0 Å². The fourth-order valence-electron chi connectivity index (χ4n) is 0.328. The lowest BCUT2D eigenvalue weighted by atomic mass is 10.3. The topological polar surface area (TPSA) is 94.8 Å². The van der Waals surface area contributed by atoms with Crippen molar-refractivity contribution in [2.24, 2.45) is 0 Å². The van der Waals surface area contributed by atoms with Crippen LogP contribution in [0, 0.1) is 0 Å². The highest BCUT2D eigenvalue weighted by Gasteiger charge is 1.90. The molecular formula is C5H13O5P. The van der Waals surface area contributed by atoms with Crippen LogP contribution in [0.4, 0.5) is 0 Å². The first kappa shape index (κ1) is 13.2. The molecule has 0 unspecified atom stereocenters. The molecule has 0 heterocycles. The first-order chi connectivity index (χ1) is 5.00. The molecule has 0 radical (unpaired) electrons. The van der Waals surface area contributed by atoms with E-state index in [1.807, 2.05) is 6.92 Å². The maximum atomic E-state index is 9.76. The zero-order valence-corrected chi connectivity index (χ0v) is 7.28. The fraction of sp³-hybridized carbons (Fsp3) is 0.800. The van der Waals surface area contributed by atoms with Crippen LogP contribution in [0.3, 0.4) is 0 Å². The van der Waals surface area contributed by atoms with Crippen molar-refractivity contribution in [1.82, 2.24) is 0 Å². The minimum absolute atomic E-state index is 0.316. The number of rotatable bonds is 3. The molecule has 0 fully saturated rings. The largest absolute Gasteiger partial charge is 0.481 e. The highest BCUT2D eigenvalue weighted by molar-refractivity contribution is 7.30. The van der Waals surface area contributed by atoms with Crippen molar-refractivity contribution >= 4 is 14.2 Å². The molecule has 0 amide bonds. The Kier molecular flexibility index (Phi) is 11.6. The van der Waals surface area contributed by atoms with Gasteiger partial charge in [-0.3, -0.25) is 9.36 Å². The summed E-state index contributed by atoms with van der Waals surface area (Å²) in [7, 11) is -3.13. The second-order valence-corrected chi connectivity index (χ2v) is 2.35. The Bertz CT molecular complexity index is 120. The molecule has 68 valence electrons. The number of aliphatic carboxylic acids is 1. The molecule has 11 heavy (non-hydrogen) atoms. The molecule has 6 heteroatoms. The third-order valence-electron chi connectivity index (χ3n) is 0.744. The molecule has 0 bridgehead atoms. The standard InChI is InChI=1S/C5H10O2.H3O3P/c1-2-3-4-5(6)7;1-4(2)3/h2-4H2,1H3,(H,6,7);4H,(H2,1,2,3). The second-order valence-electron chi connectivity index (χ2n) is 1.78. The maximum Gasteiger partial charge on any atom is 0.314 e. The summed E-state index contributed by atoms with van der Waals surface area (Å²) in [5.74, 6) is -0.693. The lowest BCUT2D eigenvalue weighted by Crippen LogP contribution is -1.91. The van der Waals surface area contributed by atoms with Gasteiger partial charge in [0.2, 0.25) is 0 Å². The highest BCUT2D eigenvalue weighted by Crippen LogP contribution is 1.98. The Morgan fingerprint density at radius 2 is 1.82 bits per heavy atom. The normalized spacial score (nSPS) is 8.73. The van der Waals surface area contributed by atoms with Gasteiger partial charge < -0.3 is 14.9 Å². The van der Waals surface area contributed by atoms with E-state index >= 15 is 0 Å². The van der Waals surface area contributed by atoms with Gasteiger partial charge in [-0.25, -0.2) is 0 Å². The molecule has 0 saturated heterocycles. The van der Waals surface area contributed by atoms with Gasteiger partial charge in [0.1, 0.15) is 0 Å². The summed E-state index contributed by atoms with van der Waals surface area (Å²) in [6.07, 6.45) is 2.08.